The van der Waals surface area contributed by atoms with E-state index in [9.17, 15) is 0 Å². The van der Waals surface area contributed by atoms with Crippen molar-refractivity contribution < 1.29 is 0 Å². The highest BCUT2D eigenvalue weighted by Gasteiger charge is 2.22. The van der Waals surface area contributed by atoms with Gasteiger partial charge in [0.05, 0.1) is 0 Å². The SMILES string of the molecule is Cc1ccc(C(N)CCC2CC2)c(Br)c1. The minimum absolute atomic E-state index is 0.195. The lowest BCUT2D eigenvalue weighted by molar-refractivity contribution is 0.574. The Hall–Kier alpha value is -0.340. The molecule has 2 N–H and O–H groups in total. The van der Waals surface area contributed by atoms with Crippen molar-refractivity contribution in [1.29, 1.82) is 0 Å². The second-order valence-corrected chi connectivity index (χ2v) is 5.51. The first-order chi connectivity index (χ1) is 7.16. The van der Waals surface area contributed by atoms with E-state index in [-0.39, 0.29) is 6.04 Å². The van der Waals surface area contributed by atoms with Gasteiger partial charge in [-0.2, -0.15) is 0 Å². The molecule has 82 valence electrons. The zero-order valence-corrected chi connectivity index (χ0v) is 10.8. The molecule has 0 heterocycles. The van der Waals surface area contributed by atoms with Crippen LogP contribution in [0.5, 0.6) is 0 Å². The van der Waals surface area contributed by atoms with Crippen LogP contribution in [-0.2, 0) is 0 Å². The smallest absolute Gasteiger partial charge is 0.0306 e. The summed E-state index contributed by atoms with van der Waals surface area (Å²) in [5.74, 6) is 0.972. The maximum atomic E-state index is 6.19. The second kappa shape index (κ2) is 4.67. The largest absolute Gasteiger partial charge is 0.324 e. The zero-order chi connectivity index (χ0) is 10.8. The Morgan fingerprint density at radius 2 is 2.20 bits per heavy atom. The molecule has 0 amide bonds. The number of benzene rings is 1. The minimum atomic E-state index is 0.195. The van der Waals surface area contributed by atoms with Gasteiger partial charge in [-0.1, -0.05) is 40.9 Å². The Kier molecular flexibility index (Phi) is 3.47. The molecular formula is C13H18BrN. The Balaban J connectivity index is 1.99. The molecule has 2 heteroatoms. The van der Waals surface area contributed by atoms with Crippen molar-refractivity contribution in [2.75, 3.05) is 0 Å². The average Bonchev–Trinajstić information content (AvgIpc) is 2.97. The third kappa shape index (κ3) is 3.05. The molecule has 0 radical (unpaired) electrons. The van der Waals surface area contributed by atoms with Crippen molar-refractivity contribution in [3.05, 3.63) is 33.8 Å². The summed E-state index contributed by atoms with van der Waals surface area (Å²) in [4.78, 5) is 0. The second-order valence-electron chi connectivity index (χ2n) is 4.65. The molecule has 1 unspecified atom stereocenters. The van der Waals surface area contributed by atoms with Crippen LogP contribution in [0.15, 0.2) is 22.7 Å². The van der Waals surface area contributed by atoms with Crippen molar-refractivity contribution >= 4 is 15.9 Å². The zero-order valence-electron chi connectivity index (χ0n) is 9.17. The van der Waals surface area contributed by atoms with E-state index in [4.69, 9.17) is 5.73 Å². The molecule has 0 saturated heterocycles. The number of nitrogens with two attached hydrogens (primary N) is 1. The predicted octanol–water partition coefficient (Wildman–Crippen LogP) is 3.95. The summed E-state index contributed by atoms with van der Waals surface area (Å²) in [6.45, 7) is 2.10. The van der Waals surface area contributed by atoms with Crippen LogP contribution in [0.1, 0.15) is 42.9 Å². The standard InChI is InChI=1S/C13H18BrN/c1-9-2-6-11(12(14)8-9)13(15)7-5-10-3-4-10/h2,6,8,10,13H,3-5,7,15H2,1H3. The summed E-state index contributed by atoms with van der Waals surface area (Å²) in [5.41, 5.74) is 8.72. The highest BCUT2D eigenvalue weighted by atomic mass is 79.9. The number of aryl methyl sites for hydroxylation is 1. The molecular weight excluding hydrogens is 250 g/mol. The lowest BCUT2D eigenvalue weighted by atomic mass is 10.0. The summed E-state index contributed by atoms with van der Waals surface area (Å²) in [6, 6.07) is 6.63. The van der Waals surface area contributed by atoms with E-state index in [2.05, 4.69) is 41.1 Å². The van der Waals surface area contributed by atoms with Crippen molar-refractivity contribution in [1.82, 2.24) is 0 Å². The lowest BCUT2D eigenvalue weighted by Gasteiger charge is -2.14. The van der Waals surface area contributed by atoms with Gasteiger partial charge < -0.3 is 5.73 Å². The Morgan fingerprint density at radius 1 is 1.47 bits per heavy atom. The molecule has 15 heavy (non-hydrogen) atoms. The first-order valence-electron chi connectivity index (χ1n) is 5.68. The van der Waals surface area contributed by atoms with Gasteiger partial charge in [0.15, 0.2) is 0 Å². The third-order valence-electron chi connectivity index (χ3n) is 3.14. The third-order valence-corrected chi connectivity index (χ3v) is 3.83. The van der Waals surface area contributed by atoms with E-state index in [0.717, 1.165) is 16.8 Å². The van der Waals surface area contributed by atoms with Crippen LogP contribution >= 0.6 is 15.9 Å². The molecule has 1 nitrogen and oxygen atoms in total. The molecule has 1 aromatic rings. The Bertz CT molecular complexity index is 344. The predicted molar refractivity (Wildman–Crippen MR) is 67.8 cm³/mol. The number of hydrogen-bond donors (Lipinski definition) is 1. The summed E-state index contributed by atoms with van der Waals surface area (Å²) in [7, 11) is 0. The molecule has 1 saturated carbocycles. The quantitative estimate of drug-likeness (QED) is 0.879. The summed E-state index contributed by atoms with van der Waals surface area (Å²) in [5, 5.41) is 0. The first kappa shape index (κ1) is 11.2. The van der Waals surface area contributed by atoms with Crippen LogP contribution in [-0.4, -0.2) is 0 Å². The highest BCUT2D eigenvalue weighted by molar-refractivity contribution is 9.10. The fourth-order valence-electron chi connectivity index (χ4n) is 1.91. The van der Waals surface area contributed by atoms with Crippen LogP contribution in [0.25, 0.3) is 0 Å². The fraction of sp³-hybridized carbons (Fsp3) is 0.538. The van der Waals surface area contributed by atoms with Crippen molar-refractivity contribution in [2.45, 2.75) is 38.6 Å². The van der Waals surface area contributed by atoms with Crippen molar-refractivity contribution in [2.24, 2.45) is 11.7 Å². The molecule has 0 bridgehead atoms. The lowest BCUT2D eigenvalue weighted by Crippen LogP contribution is -2.11. The van der Waals surface area contributed by atoms with Crippen LogP contribution < -0.4 is 5.73 Å². The van der Waals surface area contributed by atoms with Gasteiger partial charge in [0.1, 0.15) is 0 Å². The molecule has 1 atom stereocenters. The molecule has 1 aromatic carbocycles. The summed E-state index contributed by atoms with van der Waals surface area (Å²) < 4.78 is 1.16. The number of hydrogen-bond acceptors (Lipinski definition) is 1. The number of halogens is 1. The maximum Gasteiger partial charge on any atom is 0.0306 e. The minimum Gasteiger partial charge on any atom is -0.324 e. The topological polar surface area (TPSA) is 26.0 Å². The van der Waals surface area contributed by atoms with Gasteiger partial charge in [-0.15, -0.1) is 0 Å². The van der Waals surface area contributed by atoms with Crippen molar-refractivity contribution in [3.63, 3.8) is 0 Å². The van der Waals surface area contributed by atoms with Gasteiger partial charge >= 0.3 is 0 Å². The van der Waals surface area contributed by atoms with E-state index in [1.807, 2.05) is 0 Å². The molecule has 0 aliphatic heterocycles. The first-order valence-corrected chi connectivity index (χ1v) is 6.48. The fourth-order valence-corrected chi connectivity index (χ4v) is 2.70. The van der Waals surface area contributed by atoms with Crippen LogP contribution in [0.4, 0.5) is 0 Å². The Morgan fingerprint density at radius 3 is 2.80 bits per heavy atom. The van der Waals surface area contributed by atoms with Gasteiger partial charge in [-0.05, 0) is 42.9 Å². The van der Waals surface area contributed by atoms with Crippen LogP contribution in [0.2, 0.25) is 0 Å². The Labute approximate surface area is 100 Å². The maximum absolute atomic E-state index is 6.19. The number of rotatable bonds is 4. The van der Waals surface area contributed by atoms with Crippen LogP contribution in [0, 0.1) is 12.8 Å². The van der Waals surface area contributed by atoms with Gasteiger partial charge in [-0.25, -0.2) is 0 Å². The molecule has 1 aliphatic rings. The van der Waals surface area contributed by atoms with Crippen molar-refractivity contribution in [3.8, 4) is 0 Å². The van der Waals surface area contributed by atoms with E-state index < -0.39 is 0 Å². The van der Waals surface area contributed by atoms with E-state index in [0.29, 0.717) is 0 Å². The van der Waals surface area contributed by atoms with Gasteiger partial charge in [0.25, 0.3) is 0 Å². The summed E-state index contributed by atoms with van der Waals surface area (Å²) >= 11 is 3.59. The van der Waals surface area contributed by atoms with E-state index in [1.54, 1.807) is 0 Å². The van der Waals surface area contributed by atoms with Gasteiger partial charge in [0, 0.05) is 10.5 Å². The van der Waals surface area contributed by atoms with Gasteiger partial charge in [0.2, 0.25) is 0 Å². The highest BCUT2D eigenvalue weighted by Crippen LogP contribution is 2.36. The molecule has 1 aliphatic carbocycles. The molecule has 0 aromatic heterocycles. The van der Waals surface area contributed by atoms with Gasteiger partial charge in [-0.3, -0.25) is 0 Å². The average molecular weight is 268 g/mol. The van der Waals surface area contributed by atoms with Crippen LogP contribution in [0.3, 0.4) is 0 Å². The molecule has 1 fully saturated rings. The molecule has 0 spiro atoms. The van der Waals surface area contributed by atoms with E-state index in [1.165, 1.54) is 30.4 Å². The monoisotopic (exact) mass is 267 g/mol. The normalized spacial score (nSPS) is 17.8. The summed E-state index contributed by atoms with van der Waals surface area (Å²) in [6.07, 6.45) is 5.25. The molecule has 2 rings (SSSR count). The van der Waals surface area contributed by atoms with E-state index >= 15 is 0 Å².